The number of likely N-dealkylation sites (N-methyl/N-ethyl adjacent to an activating group) is 2. The second-order valence-corrected chi connectivity index (χ2v) is 4.11. The Hall–Kier alpha value is -1.02. The minimum absolute atomic E-state index is 0. The molecular formula is C11H23ClN4O3. The van der Waals surface area contributed by atoms with Crippen LogP contribution in [0.2, 0.25) is 0 Å². The lowest BCUT2D eigenvalue weighted by Gasteiger charge is -1.92. The number of hydrogen-bond donors (Lipinski definition) is 3. The number of hydrogen-bond acceptors (Lipinski definition) is 5. The number of carboxylic acid groups (broad SMARTS) is 1. The molecular weight excluding hydrogens is 272 g/mol. The smallest absolute Gasteiger partial charge is 0.183 e. The molecule has 0 aliphatic carbocycles. The van der Waals surface area contributed by atoms with Crippen LogP contribution < -0.4 is 27.3 Å². The van der Waals surface area contributed by atoms with E-state index in [4.69, 9.17) is 5.11 Å². The summed E-state index contributed by atoms with van der Waals surface area (Å²) < 4.78 is 0. The fourth-order valence-electron chi connectivity index (χ4n) is 1.14. The molecule has 112 valence electrons. The van der Waals surface area contributed by atoms with Gasteiger partial charge in [0.2, 0.25) is 0 Å². The number of rotatable bonds is 2. The Kier molecular flexibility index (Phi) is 14.3. The van der Waals surface area contributed by atoms with E-state index in [-0.39, 0.29) is 25.4 Å². The molecule has 0 saturated carbocycles. The van der Waals surface area contributed by atoms with Crippen molar-refractivity contribution in [2.75, 3.05) is 46.9 Å². The van der Waals surface area contributed by atoms with Crippen molar-refractivity contribution in [1.82, 2.24) is 0 Å². The van der Waals surface area contributed by atoms with E-state index in [0.717, 1.165) is 13.1 Å². The number of nitrogens with zero attached hydrogens (tertiary/aromatic N) is 2. The molecule has 0 aromatic heterocycles. The summed E-state index contributed by atoms with van der Waals surface area (Å²) in [6.07, 6.45) is 3.62. The highest BCUT2D eigenvalue weighted by Gasteiger charge is 2.00. The van der Waals surface area contributed by atoms with Gasteiger partial charge in [-0.2, -0.15) is 0 Å². The number of quaternary nitrogens is 2. The molecule has 0 radical (unpaired) electrons. The Morgan fingerprint density at radius 3 is 1.68 bits per heavy atom. The van der Waals surface area contributed by atoms with Crippen LogP contribution >= 0.6 is 0 Å². The quantitative estimate of drug-likeness (QED) is 0.472. The highest BCUT2D eigenvalue weighted by molar-refractivity contribution is 5.64. The Labute approximate surface area is 120 Å². The summed E-state index contributed by atoms with van der Waals surface area (Å²) in [6, 6.07) is 0. The molecule has 2 atom stereocenters. The number of carbonyl (C=O) groups is 1. The van der Waals surface area contributed by atoms with Crippen molar-refractivity contribution in [1.29, 1.82) is 0 Å². The number of aliphatic carboxylic acids is 1. The molecule has 2 heterocycles. The van der Waals surface area contributed by atoms with Crippen LogP contribution in [0.25, 0.3) is 0 Å². The van der Waals surface area contributed by atoms with Crippen LogP contribution in [-0.4, -0.2) is 70.6 Å². The predicted molar refractivity (Wildman–Crippen MR) is 66.9 cm³/mol. The summed E-state index contributed by atoms with van der Waals surface area (Å²) >= 11 is 0. The van der Waals surface area contributed by atoms with Gasteiger partial charge < -0.3 is 27.4 Å². The highest BCUT2D eigenvalue weighted by Crippen LogP contribution is 1.65. The number of carboxylic acids is 1. The lowest BCUT2D eigenvalue weighted by atomic mass is 10.5. The van der Waals surface area contributed by atoms with Gasteiger partial charge in [0.05, 0.1) is 27.2 Å². The zero-order valence-electron chi connectivity index (χ0n) is 11.4. The average molecular weight is 295 g/mol. The van der Waals surface area contributed by atoms with Crippen molar-refractivity contribution in [2.24, 2.45) is 9.98 Å². The second-order valence-electron chi connectivity index (χ2n) is 4.11. The molecule has 0 bridgehead atoms. The van der Waals surface area contributed by atoms with Crippen molar-refractivity contribution in [2.45, 2.75) is 6.42 Å². The predicted octanol–water partition coefficient (Wildman–Crippen LogP) is -7.79. The lowest BCUT2D eigenvalue weighted by molar-refractivity contribution is -0.766. The molecule has 0 saturated heterocycles. The summed E-state index contributed by atoms with van der Waals surface area (Å²) in [7, 11) is 4.22. The van der Waals surface area contributed by atoms with Gasteiger partial charge in [-0.15, -0.1) is 0 Å². The lowest BCUT2D eigenvalue weighted by Crippen LogP contribution is -3.06. The minimum atomic E-state index is -1.21. The SMILES string of the molecule is C[NH+]1C=NCC1.C[NH+]1C=NCC1.O=C([O-])CCO.[Cl-]. The summed E-state index contributed by atoms with van der Waals surface area (Å²) in [6.45, 7) is 4.07. The van der Waals surface area contributed by atoms with Crippen molar-refractivity contribution >= 4 is 18.6 Å². The first-order valence-electron chi connectivity index (χ1n) is 6.01. The minimum Gasteiger partial charge on any atom is -1.00 e. The molecule has 2 aliphatic rings. The number of carbonyl (C=O) groups excluding carboxylic acids is 1. The molecule has 0 fully saturated rings. The van der Waals surface area contributed by atoms with Crippen LogP contribution in [0, 0.1) is 0 Å². The maximum atomic E-state index is 9.33. The van der Waals surface area contributed by atoms with Gasteiger partial charge in [-0.3, -0.25) is 9.80 Å². The molecule has 7 nitrogen and oxygen atoms in total. The Balaban J connectivity index is 0. The standard InChI is InChI=1S/2C4H8N2.C3H6O3.ClH/c2*1-6-3-2-5-4-6;4-2-1-3(5)6;/h2*4H,2-3H2,1H3;4H,1-2H2,(H,5,6);1H. The van der Waals surface area contributed by atoms with Crippen LogP contribution in [0.1, 0.15) is 6.42 Å². The molecule has 0 aromatic rings. The van der Waals surface area contributed by atoms with Crippen LogP contribution in [0.5, 0.6) is 0 Å². The van der Waals surface area contributed by atoms with E-state index in [1.807, 2.05) is 12.7 Å². The van der Waals surface area contributed by atoms with Gasteiger partial charge in [0, 0.05) is 19.0 Å². The van der Waals surface area contributed by atoms with Gasteiger partial charge in [-0.1, -0.05) is 0 Å². The molecule has 2 unspecified atom stereocenters. The zero-order chi connectivity index (χ0) is 13.8. The summed E-state index contributed by atoms with van der Waals surface area (Å²) in [5.74, 6) is -1.21. The van der Waals surface area contributed by atoms with Crippen LogP contribution in [0.4, 0.5) is 0 Å². The first-order valence-corrected chi connectivity index (χ1v) is 6.01. The third-order valence-electron chi connectivity index (χ3n) is 2.21. The van der Waals surface area contributed by atoms with E-state index in [0.29, 0.717) is 0 Å². The number of aliphatic hydroxyl groups excluding tert-OH is 1. The van der Waals surface area contributed by atoms with Gasteiger partial charge in [-0.25, -0.2) is 9.98 Å². The Morgan fingerprint density at radius 1 is 1.21 bits per heavy atom. The first-order chi connectivity index (χ1) is 8.56. The molecule has 2 aliphatic heterocycles. The van der Waals surface area contributed by atoms with Crippen LogP contribution in [0.3, 0.4) is 0 Å². The van der Waals surface area contributed by atoms with Crippen LogP contribution in [-0.2, 0) is 4.79 Å². The monoisotopic (exact) mass is 294 g/mol. The van der Waals surface area contributed by atoms with Crippen molar-refractivity contribution in [3.05, 3.63) is 0 Å². The van der Waals surface area contributed by atoms with Gasteiger partial charge in [0.25, 0.3) is 0 Å². The third kappa shape index (κ3) is 14.9. The fraction of sp³-hybridized carbons (Fsp3) is 0.727. The normalized spacial score (nSPS) is 22.7. The zero-order valence-corrected chi connectivity index (χ0v) is 12.2. The second kappa shape index (κ2) is 13.4. The van der Waals surface area contributed by atoms with Gasteiger partial charge in [-0.05, 0) is 0 Å². The Morgan fingerprint density at radius 2 is 1.63 bits per heavy atom. The fourth-order valence-corrected chi connectivity index (χ4v) is 1.14. The summed E-state index contributed by atoms with van der Waals surface area (Å²) in [4.78, 5) is 20.2. The molecule has 0 spiro atoms. The van der Waals surface area contributed by atoms with E-state index in [2.05, 4.69) is 24.1 Å². The summed E-state index contributed by atoms with van der Waals surface area (Å²) in [5, 5.41) is 17.1. The number of aliphatic imine (C=N–C) groups is 2. The molecule has 0 aromatic carbocycles. The van der Waals surface area contributed by atoms with E-state index >= 15 is 0 Å². The number of aliphatic hydroxyl groups is 1. The third-order valence-corrected chi connectivity index (χ3v) is 2.21. The number of nitrogens with one attached hydrogen (secondary N) is 2. The molecule has 3 N–H and O–H groups in total. The van der Waals surface area contributed by atoms with Gasteiger partial charge >= 0.3 is 0 Å². The van der Waals surface area contributed by atoms with Gasteiger partial charge in [0.1, 0.15) is 13.1 Å². The maximum Gasteiger partial charge on any atom is 0.183 e. The number of halogens is 1. The average Bonchev–Trinajstić information content (AvgIpc) is 2.93. The Bertz CT molecular complexity index is 267. The molecule has 0 amide bonds. The topological polar surface area (TPSA) is 94.0 Å². The highest BCUT2D eigenvalue weighted by atomic mass is 35.5. The largest absolute Gasteiger partial charge is 1.00 e. The van der Waals surface area contributed by atoms with Crippen molar-refractivity contribution in [3.8, 4) is 0 Å². The van der Waals surface area contributed by atoms with Gasteiger partial charge in [0.15, 0.2) is 12.7 Å². The van der Waals surface area contributed by atoms with E-state index in [1.165, 1.54) is 22.9 Å². The van der Waals surface area contributed by atoms with Crippen molar-refractivity contribution < 1.29 is 37.2 Å². The summed E-state index contributed by atoms with van der Waals surface area (Å²) in [5.41, 5.74) is 0. The maximum absolute atomic E-state index is 9.33. The molecule has 2 rings (SSSR count). The van der Waals surface area contributed by atoms with Crippen LogP contribution in [0.15, 0.2) is 9.98 Å². The van der Waals surface area contributed by atoms with E-state index in [1.54, 1.807) is 0 Å². The van der Waals surface area contributed by atoms with E-state index in [9.17, 15) is 9.90 Å². The first kappa shape index (κ1) is 20.3. The van der Waals surface area contributed by atoms with Crippen molar-refractivity contribution in [3.63, 3.8) is 0 Å². The molecule has 8 heteroatoms. The molecule has 19 heavy (non-hydrogen) atoms. The van der Waals surface area contributed by atoms with E-state index < -0.39 is 5.97 Å².